The zero-order chi connectivity index (χ0) is 18.6. The van der Waals surface area contributed by atoms with Crippen molar-refractivity contribution in [3.8, 4) is 0 Å². The molecular weight excluding hydrogens is 338 g/mol. The number of rotatable bonds is 6. The maximum Gasteiger partial charge on any atom is 0.251 e. The summed E-state index contributed by atoms with van der Waals surface area (Å²) in [5.74, 6) is 0.988. The molecule has 4 rings (SSSR count). The van der Waals surface area contributed by atoms with E-state index in [1.54, 1.807) is 12.1 Å². The predicted octanol–water partition coefficient (Wildman–Crippen LogP) is 3.36. The Morgan fingerprint density at radius 2 is 1.74 bits per heavy atom. The molecular formula is C22H21N3O2. The third-order valence-electron chi connectivity index (χ3n) is 4.73. The molecule has 27 heavy (non-hydrogen) atoms. The quantitative estimate of drug-likeness (QED) is 0.709. The Hall–Kier alpha value is -3.21. The van der Waals surface area contributed by atoms with Crippen LogP contribution in [0, 0.1) is 0 Å². The molecule has 1 saturated carbocycles. The summed E-state index contributed by atoms with van der Waals surface area (Å²) >= 11 is 0. The lowest BCUT2D eigenvalue weighted by atomic mass is 10.0. The largest absolute Gasteiger partial charge is 0.345 e. The maximum absolute atomic E-state index is 12.7. The molecule has 1 atom stereocenters. The summed E-state index contributed by atoms with van der Waals surface area (Å²) in [7, 11) is 0. The van der Waals surface area contributed by atoms with Crippen LogP contribution in [0.25, 0.3) is 0 Å². The highest BCUT2D eigenvalue weighted by Crippen LogP contribution is 2.37. The molecule has 1 fully saturated rings. The zero-order valence-electron chi connectivity index (χ0n) is 14.9. The number of carbonyl (C=O) groups is 1. The number of hydrogen-bond acceptors (Lipinski definition) is 3. The van der Waals surface area contributed by atoms with Gasteiger partial charge in [-0.1, -0.05) is 48.5 Å². The first kappa shape index (κ1) is 17.2. The summed E-state index contributed by atoms with van der Waals surface area (Å²) in [5.41, 5.74) is 2.15. The number of aromatic nitrogens is 2. The van der Waals surface area contributed by atoms with Gasteiger partial charge in [-0.05, 0) is 30.5 Å². The Morgan fingerprint density at radius 1 is 1.07 bits per heavy atom. The predicted molar refractivity (Wildman–Crippen MR) is 104 cm³/mol. The van der Waals surface area contributed by atoms with Crippen molar-refractivity contribution in [2.45, 2.75) is 31.2 Å². The van der Waals surface area contributed by atoms with E-state index in [0.717, 1.165) is 24.2 Å². The first-order valence-electron chi connectivity index (χ1n) is 9.20. The lowest BCUT2D eigenvalue weighted by molar-refractivity contribution is 0.0936. The Morgan fingerprint density at radius 3 is 2.41 bits per heavy atom. The number of benzene rings is 2. The number of aromatic amines is 1. The van der Waals surface area contributed by atoms with E-state index in [2.05, 4.69) is 15.3 Å². The summed E-state index contributed by atoms with van der Waals surface area (Å²) in [6, 6.07) is 20.2. The maximum atomic E-state index is 12.7. The van der Waals surface area contributed by atoms with Gasteiger partial charge in [0.2, 0.25) is 0 Å². The van der Waals surface area contributed by atoms with Gasteiger partial charge < -0.3 is 10.3 Å². The number of nitrogens with one attached hydrogen (secondary N) is 2. The Balaban J connectivity index is 1.61. The fraction of sp³-hybridized carbons (Fsp3) is 0.227. The second kappa shape index (κ2) is 7.58. The van der Waals surface area contributed by atoms with Crippen molar-refractivity contribution in [1.82, 2.24) is 15.3 Å². The van der Waals surface area contributed by atoms with Crippen LogP contribution in [0.1, 0.15) is 52.2 Å². The Bertz CT molecular complexity index is 979. The monoisotopic (exact) mass is 359 g/mol. The molecule has 5 heteroatoms. The van der Waals surface area contributed by atoms with Crippen LogP contribution in [0.4, 0.5) is 0 Å². The van der Waals surface area contributed by atoms with E-state index in [4.69, 9.17) is 0 Å². The molecule has 1 aliphatic carbocycles. The number of nitrogens with zero attached hydrogens (tertiary/aromatic N) is 1. The van der Waals surface area contributed by atoms with Crippen molar-refractivity contribution in [2.75, 3.05) is 0 Å². The molecule has 1 heterocycles. The van der Waals surface area contributed by atoms with Gasteiger partial charge in [0.05, 0.1) is 11.7 Å². The van der Waals surface area contributed by atoms with E-state index in [1.807, 2.05) is 48.5 Å². The average molecular weight is 359 g/mol. The minimum atomic E-state index is -0.264. The average Bonchev–Trinajstić information content (AvgIpc) is 3.54. The lowest BCUT2D eigenvalue weighted by Gasteiger charge is -2.19. The van der Waals surface area contributed by atoms with Crippen molar-refractivity contribution < 1.29 is 4.79 Å². The van der Waals surface area contributed by atoms with Gasteiger partial charge in [-0.3, -0.25) is 9.59 Å². The molecule has 0 aliphatic heterocycles. The van der Waals surface area contributed by atoms with E-state index in [0.29, 0.717) is 23.6 Å². The minimum Gasteiger partial charge on any atom is -0.345 e. The van der Waals surface area contributed by atoms with Gasteiger partial charge in [0.1, 0.15) is 5.82 Å². The molecule has 0 spiro atoms. The van der Waals surface area contributed by atoms with Crippen LogP contribution in [-0.2, 0) is 6.42 Å². The van der Waals surface area contributed by atoms with Crippen molar-refractivity contribution in [2.24, 2.45) is 0 Å². The summed E-state index contributed by atoms with van der Waals surface area (Å²) < 4.78 is 0. The van der Waals surface area contributed by atoms with Crippen LogP contribution in [-0.4, -0.2) is 15.9 Å². The van der Waals surface area contributed by atoms with Crippen LogP contribution < -0.4 is 10.9 Å². The second-order valence-corrected chi connectivity index (χ2v) is 6.90. The Kier molecular flexibility index (Phi) is 4.83. The SMILES string of the molecule is O=C(N[C@@H](Cc1cc(=O)[nH]c(C2CC2)n1)c1ccccc1)c1ccccc1. The van der Waals surface area contributed by atoms with Gasteiger partial charge >= 0.3 is 0 Å². The number of H-pyrrole nitrogens is 1. The molecule has 0 radical (unpaired) electrons. The molecule has 0 saturated heterocycles. The standard InChI is InChI=1S/C22H21N3O2/c26-20-14-18(23-21(25-20)16-11-12-16)13-19(15-7-3-1-4-8-15)24-22(27)17-9-5-2-6-10-17/h1-10,14,16,19H,11-13H2,(H,24,27)(H,23,25,26)/t19-/m0/s1. The molecule has 1 aromatic heterocycles. The topological polar surface area (TPSA) is 74.8 Å². The first-order chi connectivity index (χ1) is 13.2. The van der Waals surface area contributed by atoms with Gasteiger partial charge in [0, 0.05) is 24.0 Å². The molecule has 136 valence electrons. The second-order valence-electron chi connectivity index (χ2n) is 6.90. The van der Waals surface area contributed by atoms with Crippen LogP contribution in [0.15, 0.2) is 71.5 Å². The van der Waals surface area contributed by atoms with Gasteiger partial charge in [-0.2, -0.15) is 0 Å². The van der Waals surface area contributed by atoms with E-state index in [1.165, 1.54) is 6.07 Å². The Labute approximate surface area is 157 Å². The van der Waals surface area contributed by atoms with Crippen molar-refractivity contribution in [3.05, 3.63) is 99.7 Å². The molecule has 1 amide bonds. The minimum absolute atomic E-state index is 0.136. The highest BCUT2D eigenvalue weighted by atomic mass is 16.1. The molecule has 3 aromatic rings. The van der Waals surface area contributed by atoms with Gasteiger partial charge in [0.25, 0.3) is 11.5 Å². The molecule has 0 bridgehead atoms. The van der Waals surface area contributed by atoms with E-state index < -0.39 is 0 Å². The van der Waals surface area contributed by atoms with Crippen molar-refractivity contribution in [1.29, 1.82) is 0 Å². The molecule has 2 aromatic carbocycles. The fourth-order valence-electron chi connectivity index (χ4n) is 3.16. The number of amides is 1. The molecule has 0 unspecified atom stereocenters. The summed E-state index contributed by atoms with van der Waals surface area (Å²) in [6.45, 7) is 0. The highest BCUT2D eigenvalue weighted by Gasteiger charge is 2.27. The van der Waals surface area contributed by atoms with Crippen LogP contribution in [0.5, 0.6) is 0 Å². The molecule has 1 aliphatic rings. The fourth-order valence-corrected chi connectivity index (χ4v) is 3.16. The first-order valence-corrected chi connectivity index (χ1v) is 9.20. The lowest BCUT2D eigenvalue weighted by Crippen LogP contribution is -2.30. The van der Waals surface area contributed by atoms with E-state index >= 15 is 0 Å². The normalized spacial score (nSPS) is 14.5. The highest BCUT2D eigenvalue weighted by molar-refractivity contribution is 5.94. The van der Waals surface area contributed by atoms with Crippen LogP contribution in [0.2, 0.25) is 0 Å². The van der Waals surface area contributed by atoms with Crippen LogP contribution in [0.3, 0.4) is 0 Å². The number of carbonyl (C=O) groups excluding carboxylic acids is 1. The summed E-state index contributed by atoms with van der Waals surface area (Å²) in [5, 5.41) is 3.09. The van der Waals surface area contributed by atoms with Gasteiger partial charge in [-0.15, -0.1) is 0 Å². The van der Waals surface area contributed by atoms with E-state index in [-0.39, 0.29) is 17.5 Å². The third-order valence-corrected chi connectivity index (χ3v) is 4.73. The molecule has 5 nitrogen and oxygen atoms in total. The van der Waals surface area contributed by atoms with Gasteiger partial charge in [-0.25, -0.2) is 4.98 Å². The zero-order valence-corrected chi connectivity index (χ0v) is 14.9. The van der Waals surface area contributed by atoms with Crippen LogP contribution >= 0.6 is 0 Å². The summed E-state index contributed by atoms with van der Waals surface area (Å²) in [4.78, 5) is 32.2. The van der Waals surface area contributed by atoms with Crippen molar-refractivity contribution >= 4 is 5.91 Å². The van der Waals surface area contributed by atoms with E-state index in [9.17, 15) is 9.59 Å². The van der Waals surface area contributed by atoms with Gasteiger partial charge in [0.15, 0.2) is 0 Å². The smallest absolute Gasteiger partial charge is 0.251 e. The van der Waals surface area contributed by atoms with Crippen molar-refractivity contribution in [3.63, 3.8) is 0 Å². The summed E-state index contributed by atoms with van der Waals surface area (Å²) in [6.07, 6.45) is 2.60. The molecule has 2 N–H and O–H groups in total. The number of hydrogen-bond donors (Lipinski definition) is 2. The third kappa shape index (κ3) is 4.31.